The van der Waals surface area contributed by atoms with Crippen molar-refractivity contribution in [1.82, 2.24) is 29.4 Å². The Morgan fingerprint density at radius 3 is 2.62 bits per heavy atom. The van der Waals surface area contributed by atoms with Gasteiger partial charge in [-0.05, 0) is 48.4 Å². The van der Waals surface area contributed by atoms with E-state index in [0.29, 0.717) is 28.3 Å². The highest BCUT2D eigenvalue weighted by atomic mass is 35.5. The number of benzene rings is 3. The lowest BCUT2D eigenvalue weighted by Crippen LogP contribution is -2.16. The predicted octanol–water partition coefficient (Wildman–Crippen LogP) is 6.12. The third-order valence-corrected chi connectivity index (χ3v) is 7.27. The molecule has 208 valence electrons. The van der Waals surface area contributed by atoms with Gasteiger partial charge in [0, 0.05) is 5.02 Å². The molecule has 0 radical (unpaired) electrons. The number of aryl methyl sites for hydroxylation is 1. The molecule has 1 atom stereocenters. The fourth-order valence-corrected chi connectivity index (χ4v) is 5.31. The molecule has 3 aromatic heterocycles. The first kappa shape index (κ1) is 25.7. The number of nitrogens with zero attached hydrogens (tertiary/aromatic N) is 7. The smallest absolute Gasteiger partial charge is 0.230 e. The van der Waals surface area contributed by atoms with Gasteiger partial charge in [0.2, 0.25) is 11.8 Å². The first-order valence-electron chi connectivity index (χ1n) is 13.2. The summed E-state index contributed by atoms with van der Waals surface area (Å²) < 4.78 is 15.3. The molecule has 0 fully saturated rings. The van der Waals surface area contributed by atoms with E-state index in [1.54, 1.807) is 28.8 Å². The molecule has 3 aromatic carbocycles. The largest absolute Gasteiger partial charge is 0.497 e. The average Bonchev–Trinajstić information content (AvgIpc) is 3.59. The third kappa shape index (κ3) is 4.61. The zero-order valence-electron chi connectivity index (χ0n) is 22.7. The van der Waals surface area contributed by atoms with Gasteiger partial charge >= 0.3 is 0 Å². The fourth-order valence-electron chi connectivity index (χ4n) is 5.13. The van der Waals surface area contributed by atoms with Crippen molar-refractivity contribution in [2.75, 3.05) is 7.11 Å². The second-order valence-corrected chi connectivity index (χ2v) is 10.1. The molecule has 0 saturated carbocycles. The molecule has 0 spiro atoms. The maximum absolute atomic E-state index is 6.47. The zero-order chi connectivity index (χ0) is 28.6. The van der Waals surface area contributed by atoms with E-state index in [9.17, 15) is 0 Å². The quantitative estimate of drug-likeness (QED) is 0.166. The monoisotopic (exact) mass is 577 g/mol. The minimum absolute atomic E-state index is 0.0881. The van der Waals surface area contributed by atoms with Crippen molar-refractivity contribution >= 4 is 23.5 Å². The van der Waals surface area contributed by atoms with Gasteiger partial charge in [0.1, 0.15) is 12.1 Å². The van der Waals surface area contributed by atoms with Gasteiger partial charge in [-0.3, -0.25) is 0 Å². The van der Waals surface area contributed by atoms with Crippen LogP contribution in [0.1, 0.15) is 39.7 Å². The van der Waals surface area contributed by atoms with Gasteiger partial charge in [-0.25, -0.2) is 19.2 Å². The Kier molecular flexibility index (Phi) is 6.52. The fraction of sp³-hybridized carbons (Fsp3) is 0.129. The van der Waals surface area contributed by atoms with E-state index in [1.165, 1.54) is 0 Å². The average molecular weight is 578 g/mol. The molecule has 0 saturated heterocycles. The topological polar surface area (TPSA) is 101 Å². The predicted molar refractivity (Wildman–Crippen MR) is 157 cm³/mol. The minimum Gasteiger partial charge on any atom is -0.497 e. The summed E-state index contributed by atoms with van der Waals surface area (Å²) in [5, 5.41) is 14.1. The molecule has 0 bridgehead atoms. The first-order valence-corrected chi connectivity index (χ1v) is 13.6. The minimum atomic E-state index is -0.298. The van der Waals surface area contributed by atoms with Crippen LogP contribution in [-0.2, 0) is 11.4 Å². The van der Waals surface area contributed by atoms with Crippen LogP contribution in [0.3, 0.4) is 0 Å². The van der Waals surface area contributed by atoms with E-state index < -0.39 is 0 Å². The van der Waals surface area contributed by atoms with E-state index >= 15 is 0 Å². The van der Waals surface area contributed by atoms with Crippen LogP contribution in [0.4, 0.5) is 0 Å². The highest BCUT2D eigenvalue weighted by Gasteiger charge is 2.38. The molecule has 10 nitrogen and oxygen atoms in total. The van der Waals surface area contributed by atoms with Crippen LogP contribution in [-0.4, -0.2) is 42.7 Å². The number of fused-ring (bicyclic) bond motifs is 4. The lowest BCUT2D eigenvalue weighted by molar-refractivity contribution is 0.126. The number of methoxy groups -OCH3 is 1. The number of rotatable bonds is 7. The molecule has 11 heteroatoms. The molecule has 4 heterocycles. The van der Waals surface area contributed by atoms with E-state index in [2.05, 4.69) is 15.2 Å². The summed E-state index contributed by atoms with van der Waals surface area (Å²) in [4.78, 5) is 15.0. The van der Waals surface area contributed by atoms with Crippen molar-refractivity contribution in [1.29, 1.82) is 0 Å². The molecule has 1 aliphatic rings. The molecule has 0 N–H and O–H groups in total. The second kappa shape index (κ2) is 10.6. The Hall–Kier alpha value is -5.22. The van der Waals surface area contributed by atoms with E-state index in [-0.39, 0.29) is 12.5 Å². The van der Waals surface area contributed by atoms with Gasteiger partial charge in [0.15, 0.2) is 18.1 Å². The van der Waals surface area contributed by atoms with Gasteiger partial charge in [0.05, 0.1) is 41.8 Å². The molecular formula is C31H24ClN7O3. The van der Waals surface area contributed by atoms with Gasteiger partial charge in [-0.2, -0.15) is 5.10 Å². The van der Waals surface area contributed by atoms with Crippen LogP contribution in [0.2, 0.25) is 5.02 Å². The second-order valence-electron chi connectivity index (χ2n) is 9.68. The molecule has 0 aliphatic carbocycles. The summed E-state index contributed by atoms with van der Waals surface area (Å²) in [6, 6.07) is 25.1. The lowest BCUT2D eigenvalue weighted by atomic mass is 9.84. The molecule has 42 heavy (non-hydrogen) atoms. The maximum atomic E-state index is 6.47. The first-order chi connectivity index (χ1) is 20.6. The summed E-state index contributed by atoms with van der Waals surface area (Å²) in [6.45, 7) is 2.05. The number of hydrogen-bond acceptors (Lipinski definition) is 8. The molecule has 7 rings (SSSR count). The van der Waals surface area contributed by atoms with Crippen molar-refractivity contribution in [3.05, 3.63) is 124 Å². The number of halogens is 1. The standard InChI is InChI=1S/C31H24ClN7O3/c1-19-26-27(21-11-13-24(40-2)14-12-21)28-29-35-25(17-41-34-16-20-7-4-3-5-8-20)37-38(29)18-33-30(28)42-31(26)39(36-19)23-10-6-9-22(32)15-23/h3-16,18,27H,17H2,1-2H3/b34-16-/t27-/m0/s1. The number of ether oxygens (including phenoxy) is 2. The molecule has 0 unspecified atom stereocenters. The van der Waals surface area contributed by atoms with Crippen LogP contribution >= 0.6 is 11.6 Å². The van der Waals surface area contributed by atoms with Crippen molar-refractivity contribution in [2.45, 2.75) is 19.4 Å². The normalized spacial score (nSPS) is 14.0. The summed E-state index contributed by atoms with van der Waals surface area (Å²) in [7, 11) is 1.65. The number of aromatic nitrogens is 6. The summed E-state index contributed by atoms with van der Waals surface area (Å²) in [5.74, 6) is 1.90. The zero-order valence-corrected chi connectivity index (χ0v) is 23.4. The Morgan fingerprint density at radius 1 is 1.00 bits per heavy atom. The molecule has 0 amide bonds. The van der Waals surface area contributed by atoms with Crippen molar-refractivity contribution < 1.29 is 14.3 Å². The van der Waals surface area contributed by atoms with E-state index in [0.717, 1.165) is 39.4 Å². The van der Waals surface area contributed by atoms with E-state index in [1.807, 2.05) is 85.8 Å². The van der Waals surface area contributed by atoms with Gasteiger partial charge < -0.3 is 14.3 Å². The number of hydrogen-bond donors (Lipinski definition) is 0. The van der Waals surface area contributed by atoms with Crippen LogP contribution in [0.25, 0.3) is 11.3 Å². The summed E-state index contributed by atoms with van der Waals surface area (Å²) in [5.41, 5.74) is 5.79. The third-order valence-electron chi connectivity index (χ3n) is 7.04. The van der Waals surface area contributed by atoms with Crippen molar-refractivity contribution in [3.63, 3.8) is 0 Å². The SMILES string of the molecule is COc1ccc([C@H]2c3c(C)nn(-c4cccc(Cl)c4)c3Oc3ncn4nc(CO/N=C\c5ccccc5)nc4c32)cc1. The van der Waals surface area contributed by atoms with E-state index in [4.69, 9.17) is 36.0 Å². The van der Waals surface area contributed by atoms with Crippen molar-refractivity contribution in [2.24, 2.45) is 5.16 Å². The van der Waals surface area contributed by atoms with Crippen LogP contribution in [0, 0.1) is 6.92 Å². The van der Waals surface area contributed by atoms with Crippen molar-refractivity contribution in [3.8, 4) is 23.2 Å². The highest BCUT2D eigenvalue weighted by Crippen LogP contribution is 2.49. The van der Waals surface area contributed by atoms with Crippen LogP contribution in [0.15, 0.2) is 90.3 Å². The number of oxime groups is 1. The highest BCUT2D eigenvalue weighted by molar-refractivity contribution is 6.30. The molecule has 1 aliphatic heterocycles. The summed E-state index contributed by atoms with van der Waals surface area (Å²) in [6.07, 6.45) is 3.23. The Bertz CT molecular complexity index is 1930. The summed E-state index contributed by atoms with van der Waals surface area (Å²) >= 11 is 6.32. The van der Waals surface area contributed by atoms with Gasteiger partial charge in [0.25, 0.3) is 0 Å². The van der Waals surface area contributed by atoms with Gasteiger partial charge in [-0.1, -0.05) is 65.3 Å². The van der Waals surface area contributed by atoms with Gasteiger partial charge in [-0.15, -0.1) is 5.10 Å². The Labute approximate surface area is 245 Å². The molecule has 6 aromatic rings. The Morgan fingerprint density at radius 2 is 1.83 bits per heavy atom. The molecular weight excluding hydrogens is 554 g/mol. The van der Waals surface area contributed by atoms with Crippen LogP contribution in [0.5, 0.6) is 17.5 Å². The maximum Gasteiger partial charge on any atom is 0.230 e. The Balaban J connectivity index is 1.32. The lowest BCUT2D eigenvalue weighted by Gasteiger charge is -2.26. The van der Waals surface area contributed by atoms with Crippen LogP contribution < -0.4 is 9.47 Å².